The number of carbonyl (C=O) groups is 1. The molecule has 4 rings (SSSR count). The average molecular weight is 357 g/mol. The third-order valence-electron chi connectivity index (χ3n) is 5.37. The largest absolute Gasteiger partial charge is 0.381 e. The molecule has 0 aliphatic carbocycles. The molecule has 26 heavy (non-hydrogen) atoms. The number of benzene rings is 1. The van der Waals surface area contributed by atoms with Gasteiger partial charge >= 0.3 is 0 Å². The molecule has 138 valence electrons. The first-order valence-corrected chi connectivity index (χ1v) is 9.30. The van der Waals surface area contributed by atoms with Crippen LogP contribution in [-0.2, 0) is 9.53 Å². The molecule has 0 N–H and O–H groups in total. The van der Waals surface area contributed by atoms with Crippen LogP contribution in [0.2, 0.25) is 0 Å². The standard InChI is InChI=1S/C20H24FN3O2/c1-14-11-19(22-18-4-3-16(21)12-17(14)18)23-6-2-7-24(9-8-23)20(25)15-5-10-26-13-15/h3-4,11-12,15H,2,5-10,13H2,1H3. The van der Waals surface area contributed by atoms with Crippen LogP contribution in [0.5, 0.6) is 0 Å². The Labute approximate surface area is 152 Å². The Kier molecular flexibility index (Phi) is 4.76. The van der Waals surface area contributed by atoms with Gasteiger partial charge in [0.1, 0.15) is 11.6 Å². The van der Waals surface area contributed by atoms with Crippen LogP contribution >= 0.6 is 0 Å². The number of aryl methyl sites for hydroxylation is 1. The summed E-state index contributed by atoms with van der Waals surface area (Å²) in [5.74, 6) is 0.912. The molecule has 1 aromatic carbocycles. The minimum absolute atomic E-state index is 0.0254. The SMILES string of the molecule is Cc1cc(N2CCCN(C(=O)C3CCOC3)CC2)nc2ccc(F)cc12. The smallest absolute Gasteiger partial charge is 0.228 e. The molecule has 2 saturated heterocycles. The molecule has 1 unspecified atom stereocenters. The molecule has 2 aliphatic rings. The molecule has 5 nitrogen and oxygen atoms in total. The number of fused-ring (bicyclic) bond motifs is 1. The Morgan fingerprint density at radius 2 is 2.12 bits per heavy atom. The Morgan fingerprint density at radius 1 is 1.23 bits per heavy atom. The van der Waals surface area contributed by atoms with Crippen LogP contribution in [0.1, 0.15) is 18.4 Å². The van der Waals surface area contributed by atoms with E-state index in [1.165, 1.54) is 12.1 Å². The van der Waals surface area contributed by atoms with E-state index in [1.807, 2.05) is 17.9 Å². The van der Waals surface area contributed by atoms with Crippen molar-refractivity contribution in [3.8, 4) is 0 Å². The van der Waals surface area contributed by atoms with Crippen LogP contribution in [0.4, 0.5) is 10.2 Å². The second-order valence-electron chi connectivity index (χ2n) is 7.19. The van der Waals surface area contributed by atoms with Crippen LogP contribution in [0.25, 0.3) is 10.9 Å². The number of anilines is 1. The van der Waals surface area contributed by atoms with E-state index in [0.717, 1.165) is 54.8 Å². The van der Waals surface area contributed by atoms with Crippen LogP contribution < -0.4 is 4.90 Å². The molecule has 0 saturated carbocycles. The Bertz CT molecular complexity index is 820. The summed E-state index contributed by atoms with van der Waals surface area (Å²) >= 11 is 0. The molecule has 2 aliphatic heterocycles. The van der Waals surface area contributed by atoms with Crippen LogP contribution in [-0.4, -0.2) is 55.2 Å². The summed E-state index contributed by atoms with van der Waals surface area (Å²) in [5.41, 5.74) is 1.83. The molecule has 0 radical (unpaired) electrons. The maximum absolute atomic E-state index is 13.5. The number of ether oxygens (including phenoxy) is 1. The fourth-order valence-corrected chi connectivity index (χ4v) is 3.87. The van der Waals surface area contributed by atoms with Crippen LogP contribution in [0.3, 0.4) is 0 Å². The number of nitrogens with zero attached hydrogens (tertiary/aromatic N) is 3. The molecule has 1 atom stereocenters. The Balaban J connectivity index is 1.51. The molecule has 2 aromatic rings. The number of amides is 1. The van der Waals surface area contributed by atoms with Crippen molar-refractivity contribution in [1.82, 2.24) is 9.88 Å². The molecule has 0 spiro atoms. The lowest BCUT2D eigenvalue weighted by atomic mass is 10.1. The zero-order valence-electron chi connectivity index (χ0n) is 15.1. The second kappa shape index (κ2) is 7.19. The van der Waals surface area contributed by atoms with Gasteiger partial charge in [-0.2, -0.15) is 0 Å². The maximum Gasteiger partial charge on any atom is 0.228 e. The van der Waals surface area contributed by atoms with Gasteiger partial charge in [0.25, 0.3) is 0 Å². The van der Waals surface area contributed by atoms with E-state index >= 15 is 0 Å². The summed E-state index contributed by atoms with van der Waals surface area (Å²) in [7, 11) is 0. The second-order valence-corrected chi connectivity index (χ2v) is 7.19. The van der Waals surface area contributed by atoms with Crippen LogP contribution in [0, 0.1) is 18.7 Å². The first-order chi connectivity index (χ1) is 12.6. The molecule has 3 heterocycles. The molecule has 1 amide bonds. The zero-order chi connectivity index (χ0) is 18.1. The Morgan fingerprint density at radius 3 is 2.92 bits per heavy atom. The lowest BCUT2D eigenvalue weighted by Crippen LogP contribution is -2.39. The number of pyridine rings is 1. The predicted molar refractivity (Wildman–Crippen MR) is 98.8 cm³/mol. The minimum atomic E-state index is -0.241. The highest BCUT2D eigenvalue weighted by atomic mass is 19.1. The van der Waals surface area contributed by atoms with Crippen molar-refractivity contribution in [2.24, 2.45) is 5.92 Å². The number of hydrogen-bond donors (Lipinski definition) is 0. The first kappa shape index (κ1) is 17.2. The summed E-state index contributed by atoms with van der Waals surface area (Å²) in [6.07, 6.45) is 1.75. The Hall–Kier alpha value is -2.21. The van der Waals surface area contributed by atoms with Gasteiger partial charge in [-0.15, -0.1) is 0 Å². The highest BCUT2D eigenvalue weighted by molar-refractivity contribution is 5.84. The number of hydrogen-bond acceptors (Lipinski definition) is 4. The first-order valence-electron chi connectivity index (χ1n) is 9.30. The van der Waals surface area contributed by atoms with Gasteiger partial charge in [0.15, 0.2) is 0 Å². The number of carbonyl (C=O) groups excluding carboxylic acids is 1. The van der Waals surface area contributed by atoms with Crippen molar-refractivity contribution in [3.63, 3.8) is 0 Å². The van der Waals surface area contributed by atoms with Gasteiger partial charge in [-0.25, -0.2) is 9.37 Å². The molecule has 2 fully saturated rings. The summed E-state index contributed by atoms with van der Waals surface area (Å²) < 4.78 is 18.8. The van der Waals surface area contributed by atoms with Gasteiger partial charge in [-0.3, -0.25) is 4.79 Å². The molecule has 1 aromatic heterocycles. The fourth-order valence-electron chi connectivity index (χ4n) is 3.87. The summed E-state index contributed by atoms with van der Waals surface area (Å²) in [4.78, 5) is 21.6. The molecule has 0 bridgehead atoms. The molecular formula is C20H24FN3O2. The quantitative estimate of drug-likeness (QED) is 0.829. The van der Waals surface area contributed by atoms with Gasteiger partial charge in [-0.1, -0.05) is 0 Å². The monoisotopic (exact) mass is 357 g/mol. The number of rotatable bonds is 2. The van der Waals surface area contributed by atoms with Crippen molar-refractivity contribution in [3.05, 3.63) is 35.6 Å². The number of aromatic nitrogens is 1. The van der Waals surface area contributed by atoms with Crippen molar-refractivity contribution in [2.45, 2.75) is 19.8 Å². The van der Waals surface area contributed by atoms with Crippen LogP contribution in [0.15, 0.2) is 24.3 Å². The average Bonchev–Trinajstić information content (AvgIpc) is 3.06. The van der Waals surface area contributed by atoms with Crippen molar-refractivity contribution >= 4 is 22.6 Å². The minimum Gasteiger partial charge on any atom is -0.381 e. The third-order valence-corrected chi connectivity index (χ3v) is 5.37. The molecular weight excluding hydrogens is 333 g/mol. The van der Waals surface area contributed by atoms with Crippen molar-refractivity contribution in [1.29, 1.82) is 0 Å². The zero-order valence-corrected chi connectivity index (χ0v) is 15.1. The van der Waals surface area contributed by atoms with E-state index in [2.05, 4.69) is 4.90 Å². The molecule has 6 heteroatoms. The normalized spacial score (nSPS) is 21.2. The van der Waals surface area contributed by atoms with Gasteiger partial charge in [0, 0.05) is 38.2 Å². The lowest BCUT2D eigenvalue weighted by Gasteiger charge is -2.25. The van der Waals surface area contributed by atoms with E-state index in [0.29, 0.717) is 19.8 Å². The van der Waals surface area contributed by atoms with Gasteiger partial charge in [0.2, 0.25) is 5.91 Å². The highest BCUT2D eigenvalue weighted by Gasteiger charge is 2.29. The third kappa shape index (κ3) is 3.38. The van der Waals surface area contributed by atoms with E-state index in [-0.39, 0.29) is 17.6 Å². The summed E-state index contributed by atoms with van der Waals surface area (Å²) in [6, 6.07) is 6.73. The maximum atomic E-state index is 13.5. The lowest BCUT2D eigenvalue weighted by molar-refractivity contribution is -0.135. The fraction of sp³-hybridized carbons (Fsp3) is 0.500. The van der Waals surface area contributed by atoms with Gasteiger partial charge < -0.3 is 14.5 Å². The number of halogens is 1. The van der Waals surface area contributed by atoms with Crippen molar-refractivity contribution < 1.29 is 13.9 Å². The van der Waals surface area contributed by atoms with E-state index in [1.54, 1.807) is 6.07 Å². The van der Waals surface area contributed by atoms with E-state index in [9.17, 15) is 9.18 Å². The van der Waals surface area contributed by atoms with E-state index in [4.69, 9.17) is 9.72 Å². The van der Waals surface area contributed by atoms with Gasteiger partial charge in [-0.05, 0) is 49.6 Å². The predicted octanol–water partition coefficient (Wildman–Crippen LogP) is 2.76. The summed E-state index contributed by atoms with van der Waals surface area (Å²) in [6.45, 7) is 6.35. The summed E-state index contributed by atoms with van der Waals surface area (Å²) in [5, 5.41) is 0.849. The van der Waals surface area contributed by atoms with Crippen molar-refractivity contribution in [2.75, 3.05) is 44.3 Å². The topological polar surface area (TPSA) is 45.7 Å². The highest BCUT2D eigenvalue weighted by Crippen LogP contribution is 2.24. The van der Waals surface area contributed by atoms with Gasteiger partial charge in [0.05, 0.1) is 18.0 Å². The van der Waals surface area contributed by atoms with E-state index < -0.39 is 0 Å².